The first kappa shape index (κ1) is 17.3. The zero-order valence-electron chi connectivity index (χ0n) is 14.1. The van der Waals surface area contributed by atoms with E-state index in [1.807, 2.05) is 25.1 Å². The monoisotopic (exact) mass is 328 g/mol. The number of nitrogens with one attached hydrogen (secondary N) is 1. The standard InChI is InChI=1S/C18H20N2O4/c1-12-7-5-6-8-14(12)18(21)20-19-11-13-9-16(23-3)17(24-4)10-15(13)22-2/h5-11H,1-4H3,(H,20,21)/b19-11+. The van der Waals surface area contributed by atoms with E-state index in [0.29, 0.717) is 28.4 Å². The fourth-order valence-electron chi connectivity index (χ4n) is 2.20. The van der Waals surface area contributed by atoms with Gasteiger partial charge in [0.2, 0.25) is 0 Å². The Balaban J connectivity index is 2.19. The lowest BCUT2D eigenvalue weighted by atomic mass is 10.1. The molecule has 0 aliphatic rings. The van der Waals surface area contributed by atoms with E-state index in [1.54, 1.807) is 39.5 Å². The predicted octanol–water partition coefficient (Wildman–Crippen LogP) is 2.78. The van der Waals surface area contributed by atoms with Gasteiger partial charge in [0.15, 0.2) is 11.5 Å². The Labute approximate surface area is 141 Å². The number of methoxy groups -OCH3 is 3. The molecular weight excluding hydrogens is 308 g/mol. The van der Waals surface area contributed by atoms with Crippen LogP contribution >= 0.6 is 0 Å². The van der Waals surface area contributed by atoms with Gasteiger partial charge in [0.1, 0.15) is 5.75 Å². The van der Waals surface area contributed by atoms with Gasteiger partial charge in [-0.25, -0.2) is 5.43 Å². The van der Waals surface area contributed by atoms with Crippen LogP contribution in [0.25, 0.3) is 0 Å². The number of ether oxygens (including phenoxy) is 3. The van der Waals surface area contributed by atoms with Crippen LogP contribution in [0.3, 0.4) is 0 Å². The van der Waals surface area contributed by atoms with Gasteiger partial charge in [0, 0.05) is 17.2 Å². The Morgan fingerprint density at radius 1 is 1.00 bits per heavy atom. The Bertz CT molecular complexity index is 757. The van der Waals surface area contributed by atoms with Crippen LogP contribution in [0, 0.1) is 6.92 Å². The maximum atomic E-state index is 12.1. The molecule has 6 nitrogen and oxygen atoms in total. The molecule has 0 saturated carbocycles. The van der Waals surface area contributed by atoms with Gasteiger partial charge in [-0.05, 0) is 24.6 Å². The second kappa shape index (κ2) is 8.01. The molecule has 0 aliphatic heterocycles. The third-order valence-electron chi connectivity index (χ3n) is 3.50. The van der Waals surface area contributed by atoms with Crippen LogP contribution < -0.4 is 19.6 Å². The number of carbonyl (C=O) groups is 1. The fraction of sp³-hybridized carbons (Fsp3) is 0.222. The van der Waals surface area contributed by atoms with E-state index in [-0.39, 0.29) is 5.91 Å². The van der Waals surface area contributed by atoms with Crippen molar-refractivity contribution in [1.29, 1.82) is 0 Å². The van der Waals surface area contributed by atoms with Gasteiger partial charge in [0.25, 0.3) is 5.91 Å². The van der Waals surface area contributed by atoms with E-state index in [4.69, 9.17) is 14.2 Å². The largest absolute Gasteiger partial charge is 0.496 e. The molecule has 2 aromatic carbocycles. The smallest absolute Gasteiger partial charge is 0.271 e. The average molecular weight is 328 g/mol. The molecule has 0 spiro atoms. The number of amides is 1. The van der Waals surface area contributed by atoms with Crippen LogP contribution in [0.1, 0.15) is 21.5 Å². The zero-order chi connectivity index (χ0) is 17.5. The summed E-state index contributed by atoms with van der Waals surface area (Å²) >= 11 is 0. The Hall–Kier alpha value is -3.02. The van der Waals surface area contributed by atoms with Crippen LogP contribution in [0.2, 0.25) is 0 Å². The van der Waals surface area contributed by atoms with E-state index in [9.17, 15) is 4.79 Å². The molecule has 24 heavy (non-hydrogen) atoms. The van der Waals surface area contributed by atoms with Crippen molar-refractivity contribution in [1.82, 2.24) is 5.43 Å². The summed E-state index contributed by atoms with van der Waals surface area (Å²) < 4.78 is 15.8. The number of hydrogen-bond donors (Lipinski definition) is 1. The van der Waals surface area contributed by atoms with E-state index in [1.165, 1.54) is 6.21 Å². The lowest BCUT2D eigenvalue weighted by molar-refractivity contribution is 0.0954. The van der Waals surface area contributed by atoms with Gasteiger partial charge < -0.3 is 14.2 Å². The van der Waals surface area contributed by atoms with Gasteiger partial charge in [-0.3, -0.25) is 4.79 Å². The van der Waals surface area contributed by atoms with Gasteiger partial charge in [-0.15, -0.1) is 0 Å². The average Bonchev–Trinajstić information content (AvgIpc) is 2.61. The summed E-state index contributed by atoms with van der Waals surface area (Å²) in [7, 11) is 4.64. The topological polar surface area (TPSA) is 69.2 Å². The van der Waals surface area contributed by atoms with Crippen LogP contribution in [-0.2, 0) is 0 Å². The van der Waals surface area contributed by atoms with Crippen molar-refractivity contribution in [3.8, 4) is 17.2 Å². The van der Waals surface area contributed by atoms with Crippen molar-refractivity contribution in [2.45, 2.75) is 6.92 Å². The summed E-state index contributed by atoms with van der Waals surface area (Å²) in [6.07, 6.45) is 1.50. The molecule has 0 aliphatic carbocycles. The molecule has 2 aromatic rings. The number of carbonyl (C=O) groups excluding carboxylic acids is 1. The SMILES string of the molecule is COc1cc(OC)c(OC)cc1/C=N/NC(=O)c1ccccc1C. The predicted molar refractivity (Wildman–Crippen MR) is 92.3 cm³/mol. The maximum absolute atomic E-state index is 12.1. The second-order valence-corrected chi connectivity index (χ2v) is 4.96. The zero-order valence-corrected chi connectivity index (χ0v) is 14.1. The van der Waals surface area contributed by atoms with Gasteiger partial charge in [-0.2, -0.15) is 5.10 Å². The summed E-state index contributed by atoms with van der Waals surface area (Å²) in [6.45, 7) is 1.87. The van der Waals surface area contributed by atoms with Gasteiger partial charge in [-0.1, -0.05) is 18.2 Å². The molecule has 0 fully saturated rings. The lowest BCUT2D eigenvalue weighted by Crippen LogP contribution is -2.18. The highest BCUT2D eigenvalue weighted by Gasteiger charge is 2.11. The number of rotatable bonds is 6. The number of nitrogens with zero attached hydrogens (tertiary/aromatic N) is 1. The number of aryl methyl sites for hydroxylation is 1. The van der Waals surface area contributed by atoms with Crippen molar-refractivity contribution in [3.63, 3.8) is 0 Å². The van der Waals surface area contributed by atoms with Crippen molar-refractivity contribution in [2.24, 2.45) is 5.10 Å². The molecule has 2 rings (SSSR count). The Kier molecular flexibility index (Phi) is 5.78. The van der Waals surface area contributed by atoms with Gasteiger partial charge in [0.05, 0.1) is 27.5 Å². The normalized spacial score (nSPS) is 10.5. The number of hydrazone groups is 1. The Morgan fingerprint density at radius 2 is 1.62 bits per heavy atom. The molecule has 0 unspecified atom stereocenters. The molecule has 0 bridgehead atoms. The molecular formula is C18H20N2O4. The molecule has 1 amide bonds. The van der Waals surface area contributed by atoms with Crippen molar-refractivity contribution >= 4 is 12.1 Å². The molecule has 126 valence electrons. The third kappa shape index (κ3) is 3.84. The van der Waals surface area contributed by atoms with Crippen molar-refractivity contribution in [2.75, 3.05) is 21.3 Å². The minimum absolute atomic E-state index is 0.274. The number of hydrogen-bond acceptors (Lipinski definition) is 5. The summed E-state index contributed by atoms with van der Waals surface area (Å²) in [5, 5.41) is 4.00. The van der Waals surface area contributed by atoms with Crippen LogP contribution in [-0.4, -0.2) is 33.5 Å². The summed E-state index contributed by atoms with van der Waals surface area (Å²) in [5.41, 5.74) is 4.62. The highest BCUT2D eigenvalue weighted by atomic mass is 16.5. The molecule has 6 heteroatoms. The van der Waals surface area contributed by atoms with E-state index < -0.39 is 0 Å². The highest BCUT2D eigenvalue weighted by molar-refractivity contribution is 5.96. The Morgan fingerprint density at radius 3 is 2.25 bits per heavy atom. The van der Waals surface area contributed by atoms with Crippen LogP contribution in [0.15, 0.2) is 41.5 Å². The molecule has 0 atom stereocenters. The molecule has 0 radical (unpaired) electrons. The van der Waals surface area contributed by atoms with Crippen LogP contribution in [0.5, 0.6) is 17.2 Å². The molecule has 1 N–H and O–H groups in total. The maximum Gasteiger partial charge on any atom is 0.271 e. The number of benzene rings is 2. The van der Waals surface area contributed by atoms with Crippen molar-refractivity contribution in [3.05, 3.63) is 53.1 Å². The van der Waals surface area contributed by atoms with Crippen molar-refractivity contribution < 1.29 is 19.0 Å². The summed E-state index contributed by atoms with van der Waals surface area (Å²) in [6, 6.07) is 10.7. The van der Waals surface area contributed by atoms with E-state index in [2.05, 4.69) is 10.5 Å². The molecule has 0 heterocycles. The first-order valence-electron chi connectivity index (χ1n) is 7.29. The highest BCUT2D eigenvalue weighted by Crippen LogP contribution is 2.33. The summed E-state index contributed by atoms with van der Waals surface area (Å²) in [4.78, 5) is 12.1. The van der Waals surface area contributed by atoms with Gasteiger partial charge >= 0.3 is 0 Å². The second-order valence-electron chi connectivity index (χ2n) is 4.96. The van der Waals surface area contributed by atoms with E-state index >= 15 is 0 Å². The van der Waals surface area contributed by atoms with Crippen LogP contribution in [0.4, 0.5) is 0 Å². The summed E-state index contributed by atoms with van der Waals surface area (Å²) in [5.74, 6) is 1.38. The van der Waals surface area contributed by atoms with E-state index in [0.717, 1.165) is 5.56 Å². The molecule has 0 aromatic heterocycles. The first-order chi connectivity index (χ1) is 11.6. The third-order valence-corrected chi connectivity index (χ3v) is 3.50. The quantitative estimate of drug-likeness (QED) is 0.654. The first-order valence-corrected chi connectivity index (χ1v) is 7.29. The fourth-order valence-corrected chi connectivity index (χ4v) is 2.20. The molecule has 0 saturated heterocycles. The minimum atomic E-state index is -0.274. The lowest BCUT2D eigenvalue weighted by Gasteiger charge is -2.11. The minimum Gasteiger partial charge on any atom is -0.496 e.